The molecule has 4 nitrogen and oxygen atoms in total. The number of aryl methyl sites for hydroxylation is 1. The molecule has 2 aromatic heterocycles. The molecule has 0 aliphatic rings. The fraction of sp³-hybridized carbons (Fsp3) is 0.273. The van der Waals surface area contributed by atoms with E-state index in [-0.39, 0.29) is 5.92 Å². The maximum absolute atomic E-state index is 5.73. The van der Waals surface area contributed by atoms with Gasteiger partial charge in [-0.1, -0.05) is 0 Å². The molecule has 2 N–H and O–H groups in total. The standard InChI is InChI=1S/C11H13N3O/c1-8-2-3-11(15-8)9(6-12)10-4-5-13-7-14-10/h2-5,7,9H,6,12H2,1H3. The summed E-state index contributed by atoms with van der Waals surface area (Å²) < 4.78 is 5.55. The quantitative estimate of drug-likeness (QED) is 0.820. The zero-order valence-corrected chi connectivity index (χ0v) is 8.55. The van der Waals surface area contributed by atoms with Crippen molar-refractivity contribution in [2.45, 2.75) is 12.8 Å². The summed E-state index contributed by atoms with van der Waals surface area (Å²) in [5.74, 6) is 1.76. The third-order valence-corrected chi connectivity index (χ3v) is 2.30. The number of hydrogen-bond acceptors (Lipinski definition) is 4. The van der Waals surface area contributed by atoms with E-state index in [2.05, 4.69) is 9.97 Å². The molecule has 0 fully saturated rings. The zero-order valence-electron chi connectivity index (χ0n) is 8.55. The van der Waals surface area contributed by atoms with Gasteiger partial charge in [-0.2, -0.15) is 0 Å². The molecule has 0 aliphatic carbocycles. The summed E-state index contributed by atoms with van der Waals surface area (Å²) in [7, 11) is 0. The van der Waals surface area contributed by atoms with Crippen LogP contribution in [0.3, 0.4) is 0 Å². The molecular weight excluding hydrogens is 190 g/mol. The number of nitrogens with zero attached hydrogens (tertiary/aromatic N) is 2. The fourth-order valence-electron chi connectivity index (χ4n) is 1.53. The molecular formula is C11H13N3O. The Balaban J connectivity index is 2.33. The summed E-state index contributed by atoms with van der Waals surface area (Å²) in [5, 5.41) is 0. The second-order valence-electron chi connectivity index (χ2n) is 3.37. The topological polar surface area (TPSA) is 64.9 Å². The Morgan fingerprint density at radius 3 is 2.80 bits per heavy atom. The highest BCUT2D eigenvalue weighted by Gasteiger charge is 2.16. The molecule has 78 valence electrons. The highest BCUT2D eigenvalue weighted by molar-refractivity contribution is 5.21. The van der Waals surface area contributed by atoms with E-state index in [0.29, 0.717) is 6.54 Å². The zero-order chi connectivity index (χ0) is 10.7. The van der Waals surface area contributed by atoms with Gasteiger partial charge in [0, 0.05) is 12.7 Å². The third kappa shape index (κ3) is 2.05. The van der Waals surface area contributed by atoms with Crippen LogP contribution >= 0.6 is 0 Å². The molecule has 4 heteroatoms. The maximum atomic E-state index is 5.73. The number of furan rings is 1. The van der Waals surface area contributed by atoms with E-state index >= 15 is 0 Å². The Bertz CT molecular complexity index is 424. The van der Waals surface area contributed by atoms with Crippen molar-refractivity contribution in [2.24, 2.45) is 5.73 Å². The molecule has 0 radical (unpaired) electrons. The van der Waals surface area contributed by atoms with Crippen molar-refractivity contribution in [3.05, 3.63) is 47.9 Å². The minimum atomic E-state index is 0.0155. The molecule has 1 atom stereocenters. The van der Waals surface area contributed by atoms with Crippen molar-refractivity contribution in [3.63, 3.8) is 0 Å². The van der Waals surface area contributed by atoms with Gasteiger partial charge in [0.15, 0.2) is 0 Å². The van der Waals surface area contributed by atoms with E-state index in [4.69, 9.17) is 10.2 Å². The molecule has 0 saturated heterocycles. The second kappa shape index (κ2) is 4.23. The van der Waals surface area contributed by atoms with Crippen LogP contribution in [0, 0.1) is 6.92 Å². The highest BCUT2D eigenvalue weighted by atomic mass is 16.3. The number of rotatable bonds is 3. The molecule has 0 aromatic carbocycles. The molecule has 0 aliphatic heterocycles. The van der Waals surface area contributed by atoms with Crippen molar-refractivity contribution in [1.29, 1.82) is 0 Å². The average Bonchev–Trinajstić information content (AvgIpc) is 2.68. The molecule has 2 heterocycles. The van der Waals surface area contributed by atoms with Gasteiger partial charge in [-0.3, -0.25) is 0 Å². The minimum absolute atomic E-state index is 0.0155. The van der Waals surface area contributed by atoms with Crippen LogP contribution in [0.25, 0.3) is 0 Å². The first-order valence-electron chi connectivity index (χ1n) is 4.83. The van der Waals surface area contributed by atoms with Crippen molar-refractivity contribution in [2.75, 3.05) is 6.54 Å². The van der Waals surface area contributed by atoms with Gasteiger partial charge in [0.25, 0.3) is 0 Å². The van der Waals surface area contributed by atoms with Crippen LogP contribution in [0.15, 0.2) is 35.1 Å². The average molecular weight is 203 g/mol. The second-order valence-corrected chi connectivity index (χ2v) is 3.37. The van der Waals surface area contributed by atoms with E-state index in [9.17, 15) is 0 Å². The van der Waals surface area contributed by atoms with Gasteiger partial charge in [-0.05, 0) is 25.1 Å². The Labute approximate surface area is 88.2 Å². The van der Waals surface area contributed by atoms with Crippen LogP contribution in [-0.4, -0.2) is 16.5 Å². The lowest BCUT2D eigenvalue weighted by atomic mass is 10.0. The van der Waals surface area contributed by atoms with Crippen LogP contribution in [-0.2, 0) is 0 Å². The van der Waals surface area contributed by atoms with Crippen molar-refractivity contribution >= 4 is 0 Å². The van der Waals surface area contributed by atoms with E-state index in [1.807, 2.05) is 25.1 Å². The highest BCUT2D eigenvalue weighted by Crippen LogP contribution is 2.23. The van der Waals surface area contributed by atoms with Crippen LogP contribution in [0.4, 0.5) is 0 Å². The smallest absolute Gasteiger partial charge is 0.115 e. The molecule has 0 spiro atoms. The van der Waals surface area contributed by atoms with Gasteiger partial charge in [-0.25, -0.2) is 9.97 Å². The molecule has 2 aromatic rings. The van der Waals surface area contributed by atoms with Gasteiger partial charge in [0.2, 0.25) is 0 Å². The number of nitrogens with two attached hydrogens (primary N) is 1. The predicted molar refractivity (Wildman–Crippen MR) is 56.4 cm³/mol. The largest absolute Gasteiger partial charge is 0.466 e. The van der Waals surface area contributed by atoms with Gasteiger partial charge in [-0.15, -0.1) is 0 Å². The monoisotopic (exact) mass is 203 g/mol. The molecule has 1 unspecified atom stereocenters. The Morgan fingerprint density at radius 2 is 2.27 bits per heavy atom. The van der Waals surface area contributed by atoms with Crippen LogP contribution in [0.2, 0.25) is 0 Å². The van der Waals surface area contributed by atoms with E-state index in [1.165, 1.54) is 6.33 Å². The minimum Gasteiger partial charge on any atom is -0.466 e. The summed E-state index contributed by atoms with van der Waals surface area (Å²) in [6, 6.07) is 5.73. The summed E-state index contributed by atoms with van der Waals surface area (Å²) in [4.78, 5) is 8.06. The van der Waals surface area contributed by atoms with E-state index in [1.54, 1.807) is 6.20 Å². The lowest BCUT2D eigenvalue weighted by molar-refractivity contribution is 0.461. The first-order valence-corrected chi connectivity index (χ1v) is 4.83. The van der Waals surface area contributed by atoms with Crippen molar-refractivity contribution in [1.82, 2.24) is 9.97 Å². The van der Waals surface area contributed by atoms with Gasteiger partial charge in [0.1, 0.15) is 17.8 Å². The van der Waals surface area contributed by atoms with Crippen molar-refractivity contribution in [3.8, 4) is 0 Å². The lowest BCUT2D eigenvalue weighted by Crippen LogP contribution is -2.14. The summed E-state index contributed by atoms with van der Waals surface area (Å²) in [5.41, 5.74) is 6.62. The first-order chi connectivity index (χ1) is 7.31. The lowest BCUT2D eigenvalue weighted by Gasteiger charge is -2.10. The SMILES string of the molecule is Cc1ccc(C(CN)c2ccncn2)o1. The van der Waals surface area contributed by atoms with Gasteiger partial charge < -0.3 is 10.2 Å². The summed E-state index contributed by atoms with van der Waals surface area (Å²) in [6.07, 6.45) is 3.23. The normalized spacial score (nSPS) is 12.7. The van der Waals surface area contributed by atoms with Crippen LogP contribution in [0.5, 0.6) is 0 Å². The van der Waals surface area contributed by atoms with Crippen LogP contribution < -0.4 is 5.73 Å². The maximum Gasteiger partial charge on any atom is 0.115 e. The molecule has 15 heavy (non-hydrogen) atoms. The molecule has 0 bridgehead atoms. The summed E-state index contributed by atoms with van der Waals surface area (Å²) in [6.45, 7) is 2.39. The fourth-order valence-corrected chi connectivity index (χ4v) is 1.53. The predicted octanol–water partition coefficient (Wildman–Crippen LogP) is 1.47. The first kappa shape index (κ1) is 9.86. The summed E-state index contributed by atoms with van der Waals surface area (Å²) >= 11 is 0. The Kier molecular flexibility index (Phi) is 2.78. The number of hydrogen-bond donors (Lipinski definition) is 1. The van der Waals surface area contributed by atoms with Crippen LogP contribution in [0.1, 0.15) is 23.1 Å². The Hall–Kier alpha value is -1.68. The van der Waals surface area contributed by atoms with Crippen molar-refractivity contribution < 1.29 is 4.42 Å². The molecule has 0 amide bonds. The molecule has 2 rings (SSSR count). The van der Waals surface area contributed by atoms with Gasteiger partial charge in [0.05, 0.1) is 11.6 Å². The Morgan fingerprint density at radius 1 is 1.40 bits per heavy atom. The van der Waals surface area contributed by atoms with E-state index < -0.39 is 0 Å². The third-order valence-electron chi connectivity index (χ3n) is 2.30. The molecule has 0 saturated carbocycles. The number of aromatic nitrogens is 2. The van der Waals surface area contributed by atoms with Gasteiger partial charge >= 0.3 is 0 Å². The van der Waals surface area contributed by atoms with E-state index in [0.717, 1.165) is 17.2 Å².